The lowest BCUT2D eigenvalue weighted by Crippen LogP contribution is -2.28. The van der Waals surface area contributed by atoms with Gasteiger partial charge in [-0.2, -0.15) is 0 Å². The molecule has 0 aliphatic rings. The smallest absolute Gasteiger partial charge is 0.255 e. The van der Waals surface area contributed by atoms with Crippen molar-refractivity contribution in [2.45, 2.75) is 6.92 Å². The van der Waals surface area contributed by atoms with Crippen LogP contribution in [-0.4, -0.2) is 33.3 Å². The molecule has 0 heterocycles. The van der Waals surface area contributed by atoms with Crippen LogP contribution in [0.5, 0.6) is 17.2 Å². The molecular formula is C18H21NO4. The number of methoxy groups -OCH3 is 2. The first kappa shape index (κ1) is 16.7. The first-order chi connectivity index (χ1) is 11.2. The second-order valence-electron chi connectivity index (χ2n) is 4.96. The number of hydrogen-bond donors (Lipinski definition) is 1. The Morgan fingerprint density at radius 2 is 1.74 bits per heavy atom. The van der Waals surface area contributed by atoms with Crippen LogP contribution in [0.4, 0.5) is 0 Å². The second-order valence-corrected chi connectivity index (χ2v) is 4.96. The molecule has 0 unspecified atom stereocenters. The standard InChI is InChI=1S/C18H21NO4/c1-13-8-9-16(17(12-13)22-3)23-11-10-19-18(20)14-6-4-5-7-15(14)21-2/h4-9,12H,10-11H2,1-3H3,(H,19,20). The molecule has 122 valence electrons. The van der Waals surface area contributed by atoms with Crippen LogP contribution >= 0.6 is 0 Å². The molecule has 0 aliphatic carbocycles. The molecule has 0 radical (unpaired) electrons. The van der Waals surface area contributed by atoms with Crippen molar-refractivity contribution in [1.29, 1.82) is 0 Å². The van der Waals surface area contributed by atoms with E-state index < -0.39 is 0 Å². The van der Waals surface area contributed by atoms with Gasteiger partial charge in [-0.1, -0.05) is 18.2 Å². The van der Waals surface area contributed by atoms with Crippen molar-refractivity contribution in [2.24, 2.45) is 0 Å². The fourth-order valence-corrected chi connectivity index (χ4v) is 2.15. The van der Waals surface area contributed by atoms with Crippen LogP contribution in [0.2, 0.25) is 0 Å². The molecule has 1 amide bonds. The van der Waals surface area contributed by atoms with Crippen molar-refractivity contribution in [2.75, 3.05) is 27.4 Å². The Balaban J connectivity index is 1.87. The zero-order valence-electron chi connectivity index (χ0n) is 13.6. The fraction of sp³-hybridized carbons (Fsp3) is 0.278. The Morgan fingerprint density at radius 3 is 2.48 bits per heavy atom. The monoisotopic (exact) mass is 315 g/mol. The summed E-state index contributed by atoms with van der Waals surface area (Å²) in [6.45, 7) is 2.72. The number of benzene rings is 2. The van der Waals surface area contributed by atoms with E-state index in [0.29, 0.717) is 36.0 Å². The predicted octanol–water partition coefficient (Wildman–Crippen LogP) is 2.82. The van der Waals surface area contributed by atoms with Gasteiger partial charge in [-0.25, -0.2) is 0 Å². The number of para-hydroxylation sites is 1. The van der Waals surface area contributed by atoms with E-state index in [4.69, 9.17) is 14.2 Å². The molecule has 0 atom stereocenters. The zero-order chi connectivity index (χ0) is 16.7. The lowest BCUT2D eigenvalue weighted by atomic mass is 10.2. The molecule has 5 nitrogen and oxygen atoms in total. The van der Waals surface area contributed by atoms with Gasteiger partial charge in [-0.15, -0.1) is 0 Å². The topological polar surface area (TPSA) is 56.8 Å². The van der Waals surface area contributed by atoms with Crippen molar-refractivity contribution in [1.82, 2.24) is 5.32 Å². The summed E-state index contributed by atoms with van der Waals surface area (Å²) in [5.74, 6) is 1.69. The van der Waals surface area contributed by atoms with Gasteiger partial charge in [0.15, 0.2) is 11.5 Å². The minimum Gasteiger partial charge on any atom is -0.496 e. The first-order valence-corrected chi connectivity index (χ1v) is 7.34. The molecule has 2 aromatic carbocycles. The van der Waals surface area contributed by atoms with Gasteiger partial charge < -0.3 is 19.5 Å². The second kappa shape index (κ2) is 8.08. The third-order valence-corrected chi connectivity index (χ3v) is 3.32. The highest BCUT2D eigenvalue weighted by Crippen LogP contribution is 2.27. The lowest BCUT2D eigenvalue weighted by Gasteiger charge is -2.12. The van der Waals surface area contributed by atoms with Crippen molar-refractivity contribution in [3.05, 3.63) is 53.6 Å². The molecule has 2 rings (SSSR count). The van der Waals surface area contributed by atoms with Crippen LogP contribution in [-0.2, 0) is 0 Å². The number of ether oxygens (including phenoxy) is 3. The van der Waals surface area contributed by atoms with E-state index >= 15 is 0 Å². The molecule has 0 aromatic heterocycles. The fourth-order valence-electron chi connectivity index (χ4n) is 2.15. The SMILES string of the molecule is COc1cc(C)ccc1OCCNC(=O)c1ccccc1OC. The number of carbonyl (C=O) groups excluding carboxylic acids is 1. The number of rotatable bonds is 7. The molecule has 0 saturated carbocycles. The average Bonchev–Trinajstić information content (AvgIpc) is 2.59. The van der Waals surface area contributed by atoms with Crippen molar-refractivity contribution in [3.63, 3.8) is 0 Å². The van der Waals surface area contributed by atoms with Crippen LogP contribution in [0.1, 0.15) is 15.9 Å². The zero-order valence-corrected chi connectivity index (χ0v) is 13.6. The highest BCUT2D eigenvalue weighted by atomic mass is 16.5. The highest BCUT2D eigenvalue weighted by molar-refractivity contribution is 5.96. The van der Waals surface area contributed by atoms with Crippen LogP contribution in [0.15, 0.2) is 42.5 Å². The molecule has 23 heavy (non-hydrogen) atoms. The summed E-state index contributed by atoms with van der Waals surface area (Å²) in [5, 5.41) is 2.81. The molecule has 0 spiro atoms. The Kier molecular flexibility index (Phi) is 5.86. The molecule has 0 aliphatic heterocycles. The minimum absolute atomic E-state index is 0.193. The number of amides is 1. The van der Waals surface area contributed by atoms with Crippen molar-refractivity contribution >= 4 is 5.91 Å². The summed E-state index contributed by atoms with van der Waals surface area (Å²) in [6.07, 6.45) is 0. The Labute approximate surface area is 136 Å². The van der Waals surface area contributed by atoms with Gasteiger partial charge in [-0.05, 0) is 36.8 Å². The number of aryl methyl sites for hydroxylation is 1. The minimum atomic E-state index is -0.193. The normalized spacial score (nSPS) is 10.0. The summed E-state index contributed by atoms with van der Waals surface area (Å²) in [6, 6.07) is 12.8. The summed E-state index contributed by atoms with van der Waals surface area (Å²) in [4.78, 5) is 12.1. The third kappa shape index (κ3) is 4.39. The Bertz CT molecular complexity index is 670. The maximum atomic E-state index is 12.1. The number of carbonyl (C=O) groups is 1. The quantitative estimate of drug-likeness (QED) is 0.798. The summed E-state index contributed by atoms with van der Waals surface area (Å²) in [5.41, 5.74) is 1.60. The largest absolute Gasteiger partial charge is 0.496 e. The van der Waals surface area contributed by atoms with Crippen molar-refractivity contribution < 1.29 is 19.0 Å². The Hall–Kier alpha value is -2.69. The third-order valence-electron chi connectivity index (χ3n) is 3.32. The molecule has 0 fully saturated rings. The van der Waals surface area contributed by atoms with Gasteiger partial charge >= 0.3 is 0 Å². The van der Waals surface area contributed by atoms with Gasteiger partial charge in [0.1, 0.15) is 12.4 Å². The Morgan fingerprint density at radius 1 is 1.00 bits per heavy atom. The van der Waals surface area contributed by atoms with Crippen LogP contribution < -0.4 is 19.5 Å². The van der Waals surface area contributed by atoms with Gasteiger partial charge in [0.2, 0.25) is 0 Å². The molecular weight excluding hydrogens is 294 g/mol. The summed E-state index contributed by atoms with van der Waals surface area (Å²) >= 11 is 0. The molecule has 0 saturated heterocycles. The molecule has 5 heteroatoms. The molecule has 0 bridgehead atoms. The van der Waals surface area contributed by atoms with E-state index in [1.54, 1.807) is 32.4 Å². The van der Waals surface area contributed by atoms with Gasteiger partial charge in [0.05, 0.1) is 26.3 Å². The van der Waals surface area contributed by atoms with E-state index in [0.717, 1.165) is 5.56 Å². The van der Waals surface area contributed by atoms with Gasteiger partial charge in [-0.3, -0.25) is 4.79 Å². The lowest BCUT2D eigenvalue weighted by molar-refractivity contribution is 0.0944. The first-order valence-electron chi connectivity index (χ1n) is 7.34. The van der Waals surface area contributed by atoms with E-state index in [1.807, 2.05) is 31.2 Å². The van der Waals surface area contributed by atoms with E-state index in [9.17, 15) is 4.79 Å². The maximum Gasteiger partial charge on any atom is 0.255 e. The van der Waals surface area contributed by atoms with Crippen LogP contribution in [0.3, 0.4) is 0 Å². The van der Waals surface area contributed by atoms with Crippen LogP contribution in [0, 0.1) is 6.92 Å². The molecule has 2 aromatic rings. The summed E-state index contributed by atoms with van der Waals surface area (Å²) in [7, 11) is 3.14. The van der Waals surface area contributed by atoms with Gasteiger partial charge in [0, 0.05) is 0 Å². The van der Waals surface area contributed by atoms with E-state index in [-0.39, 0.29) is 5.91 Å². The van der Waals surface area contributed by atoms with Gasteiger partial charge in [0.25, 0.3) is 5.91 Å². The van der Waals surface area contributed by atoms with Crippen LogP contribution in [0.25, 0.3) is 0 Å². The summed E-state index contributed by atoms with van der Waals surface area (Å²) < 4.78 is 16.1. The number of hydrogen-bond acceptors (Lipinski definition) is 4. The van der Waals surface area contributed by atoms with E-state index in [1.165, 1.54) is 0 Å². The number of nitrogens with one attached hydrogen (secondary N) is 1. The van der Waals surface area contributed by atoms with Crippen molar-refractivity contribution in [3.8, 4) is 17.2 Å². The average molecular weight is 315 g/mol. The van der Waals surface area contributed by atoms with E-state index in [2.05, 4.69) is 5.32 Å². The molecule has 1 N–H and O–H groups in total. The maximum absolute atomic E-state index is 12.1. The predicted molar refractivity (Wildman–Crippen MR) is 88.6 cm³/mol. The highest BCUT2D eigenvalue weighted by Gasteiger charge is 2.11.